The topological polar surface area (TPSA) is 56.6 Å². The summed E-state index contributed by atoms with van der Waals surface area (Å²) < 4.78 is 33.5. The van der Waals surface area contributed by atoms with Gasteiger partial charge in [0, 0.05) is 18.3 Å². The number of halogens is 3. The molecule has 3 aromatic rings. The zero-order chi connectivity index (χ0) is 21.8. The lowest BCUT2D eigenvalue weighted by Gasteiger charge is -2.27. The summed E-state index contributed by atoms with van der Waals surface area (Å²) in [7, 11) is 2.78. The van der Waals surface area contributed by atoms with Gasteiger partial charge in [-0.25, -0.2) is 13.8 Å². The van der Waals surface area contributed by atoms with Crippen LogP contribution in [-0.4, -0.2) is 27.9 Å². The van der Waals surface area contributed by atoms with Crippen molar-refractivity contribution in [2.45, 2.75) is 19.4 Å². The quantitative estimate of drug-likeness (QED) is 0.455. The zero-order valence-corrected chi connectivity index (χ0v) is 17.3. The van der Waals surface area contributed by atoms with Crippen LogP contribution in [0.25, 0.3) is 0 Å². The van der Waals surface area contributed by atoms with Crippen molar-refractivity contribution in [1.82, 2.24) is 14.8 Å². The summed E-state index contributed by atoms with van der Waals surface area (Å²) in [5, 5.41) is 5.31. The number of hydrogen-bond donors (Lipinski definition) is 0. The summed E-state index contributed by atoms with van der Waals surface area (Å²) in [6, 6.07) is 13.4. The first-order valence-corrected chi connectivity index (χ1v) is 9.40. The van der Waals surface area contributed by atoms with E-state index < -0.39 is 24.1 Å². The second-order valence-electron chi connectivity index (χ2n) is 6.52. The van der Waals surface area contributed by atoms with Crippen molar-refractivity contribution in [3.63, 3.8) is 0 Å². The van der Waals surface area contributed by atoms with E-state index in [-0.39, 0.29) is 5.56 Å². The third-order valence-electron chi connectivity index (χ3n) is 4.43. The lowest BCUT2D eigenvalue weighted by atomic mass is 10.1. The van der Waals surface area contributed by atoms with Crippen LogP contribution in [0.2, 0.25) is 5.02 Å². The third-order valence-corrected chi connectivity index (χ3v) is 4.68. The minimum atomic E-state index is -2.88. The Balaban J connectivity index is 1.84. The van der Waals surface area contributed by atoms with Gasteiger partial charge in [0.05, 0.1) is 18.7 Å². The highest BCUT2D eigenvalue weighted by atomic mass is 35.5. The van der Waals surface area contributed by atoms with Crippen LogP contribution in [-0.2, 0) is 11.9 Å². The molecular formula is C21H20ClF2N3O3. The number of nitrogens with zero attached hydrogens (tertiary/aromatic N) is 3. The van der Waals surface area contributed by atoms with Crippen LogP contribution < -0.4 is 4.74 Å². The molecule has 0 spiro atoms. The number of carbonyl (C=O) groups excluding carboxylic acids is 1. The van der Waals surface area contributed by atoms with Crippen LogP contribution >= 0.6 is 11.6 Å². The second-order valence-corrected chi connectivity index (χ2v) is 6.96. The molecule has 158 valence electrons. The van der Waals surface area contributed by atoms with E-state index >= 15 is 0 Å². The average molecular weight is 436 g/mol. The summed E-state index contributed by atoms with van der Waals surface area (Å²) in [6.45, 7) is 1.72. The van der Waals surface area contributed by atoms with Gasteiger partial charge in [0.25, 0.3) is 12.3 Å². The lowest BCUT2D eigenvalue weighted by molar-refractivity contribution is -0.121. The van der Waals surface area contributed by atoms with Gasteiger partial charge in [-0.15, -0.1) is 0 Å². The van der Waals surface area contributed by atoms with E-state index in [0.29, 0.717) is 22.1 Å². The zero-order valence-electron chi connectivity index (χ0n) is 16.6. The van der Waals surface area contributed by atoms with Crippen molar-refractivity contribution in [2.75, 3.05) is 7.11 Å². The van der Waals surface area contributed by atoms with Crippen molar-refractivity contribution in [3.05, 3.63) is 76.6 Å². The molecule has 1 aromatic heterocycles. The summed E-state index contributed by atoms with van der Waals surface area (Å²) in [5.74, 6) is 0.429. The number of carbonyl (C=O) groups is 1. The van der Waals surface area contributed by atoms with Gasteiger partial charge in [-0.3, -0.25) is 14.3 Å². The Labute approximate surface area is 177 Å². The van der Waals surface area contributed by atoms with E-state index in [0.717, 1.165) is 5.06 Å². The maximum atomic E-state index is 13.3. The maximum Gasteiger partial charge on any atom is 0.282 e. The number of alkyl halides is 2. The monoisotopic (exact) mass is 435 g/mol. The van der Waals surface area contributed by atoms with E-state index in [2.05, 4.69) is 5.10 Å². The van der Waals surface area contributed by atoms with Crippen molar-refractivity contribution in [1.29, 1.82) is 0 Å². The molecule has 9 heteroatoms. The van der Waals surface area contributed by atoms with Crippen LogP contribution in [0.1, 0.15) is 41.0 Å². The fraction of sp³-hybridized carbons (Fsp3) is 0.238. The van der Waals surface area contributed by atoms with Crippen molar-refractivity contribution < 1.29 is 23.1 Å². The van der Waals surface area contributed by atoms with Crippen molar-refractivity contribution in [3.8, 4) is 11.5 Å². The molecular weight excluding hydrogens is 416 g/mol. The van der Waals surface area contributed by atoms with Gasteiger partial charge in [-0.05, 0) is 48.9 Å². The molecule has 1 atom stereocenters. The number of hydrogen-bond acceptors (Lipinski definition) is 4. The Morgan fingerprint density at radius 3 is 2.50 bits per heavy atom. The fourth-order valence-corrected chi connectivity index (χ4v) is 3.11. The Morgan fingerprint density at radius 1 is 1.17 bits per heavy atom. The fourth-order valence-electron chi connectivity index (χ4n) is 2.98. The molecule has 0 radical (unpaired) electrons. The molecule has 2 aromatic carbocycles. The van der Waals surface area contributed by atoms with Gasteiger partial charge >= 0.3 is 0 Å². The van der Waals surface area contributed by atoms with Crippen LogP contribution in [0.4, 0.5) is 8.78 Å². The molecule has 1 unspecified atom stereocenters. The van der Waals surface area contributed by atoms with Gasteiger partial charge in [0.15, 0.2) is 0 Å². The van der Waals surface area contributed by atoms with Gasteiger partial charge in [-0.2, -0.15) is 5.10 Å². The van der Waals surface area contributed by atoms with E-state index in [9.17, 15) is 13.6 Å². The summed E-state index contributed by atoms with van der Waals surface area (Å²) in [5.41, 5.74) is -0.106. The Morgan fingerprint density at radius 2 is 1.87 bits per heavy atom. The number of aryl methyl sites for hydroxylation is 1. The third kappa shape index (κ3) is 4.77. The highest BCUT2D eigenvalue weighted by Crippen LogP contribution is 2.30. The predicted molar refractivity (Wildman–Crippen MR) is 108 cm³/mol. The molecule has 0 aliphatic heterocycles. The van der Waals surface area contributed by atoms with Crippen LogP contribution in [0.5, 0.6) is 11.5 Å². The average Bonchev–Trinajstić information content (AvgIpc) is 3.12. The summed E-state index contributed by atoms with van der Waals surface area (Å²) in [6.07, 6.45) is -1.63. The van der Waals surface area contributed by atoms with Crippen LogP contribution in [0.3, 0.4) is 0 Å². The molecule has 1 heterocycles. The minimum Gasteiger partial charge on any atom is -0.457 e. The Kier molecular flexibility index (Phi) is 6.69. The molecule has 3 rings (SSSR count). The van der Waals surface area contributed by atoms with Crippen LogP contribution in [0.15, 0.2) is 54.7 Å². The molecule has 0 N–H and O–H groups in total. The molecule has 6 nitrogen and oxygen atoms in total. The number of rotatable bonds is 7. The van der Waals surface area contributed by atoms with Gasteiger partial charge in [0.1, 0.15) is 17.2 Å². The standard InChI is InChI=1S/C21H20ClF2N3O3/c1-13(27(29-3)21(28)18-12-26(2)25-19(18)20(23)24)14-5-4-6-17(11-14)30-16-9-7-15(22)8-10-16/h4-13,20H,1-3H3. The number of ether oxygens (including phenoxy) is 1. The maximum absolute atomic E-state index is 13.3. The molecule has 0 aliphatic rings. The molecule has 0 saturated heterocycles. The summed E-state index contributed by atoms with van der Waals surface area (Å²) >= 11 is 5.88. The van der Waals surface area contributed by atoms with Gasteiger partial charge < -0.3 is 4.74 Å². The van der Waals surface area contributed by atoms with E-state index in [1.54, 1.807) is 55.5 Å². The number of aromatic nitrogens is 2. The van der Waals surface area contributed by atoms with E-state index in [4.69, 9.17) is 21.2 Å². The molecule has 0 fully saturated rings. The molecule has 0 aliphatic carbocycles. The van der Waals surface area contributed by atoms with Crippen molar-refractivity contribution in [2.24, 2.45) is 7.05 Å². The highest BCUT2D eigenvalue weighted by Gasteiger charge is 2.30. The number of benzene rings is 2. The first kappa shape index (κ1) is 21.7. The predicted octanol–water partition coefficient (Wildman–Crippen LogP) is 5.57. The van der Waals surface area contributed by atoms with Gasteiger partial charge in [0.2, 0.25) is 0 Å². The Hall–Kier alpha value is -2.97. The smallest absolute Gasteiger partial charge is 0.282 e. The second kappa shape index (κ2) is 9.23. The van der Waals surface area contributed by atoms with E-state index in [1.165, 1.54) is 25.0 Å². The Bertz CT molecular complexity index is 1020. The normalized spacial score (nSPS) is 12.1. The minimum absolute atomic E-state index is 0.213. The lowest BCUT2D eigenvalue weighted by Crippen LogP contribution is -2.33. The first-order chi connectivity index (χ1) is 14.3. The van der Waals surface area contributed by atoms with E-state index in [1.807, 2.05) is 0 Å². The molecule has 30 heavy (non-hydrogen) atoms. The first-order valence-electron chi connectivity index (χ1n) is 9.03. The number of hydroxylamine groups is 2. The highest BCUT2D eigenvalue weighted by molar-refractivity contribution is 6.30. The SMILES string of the molecule is CON(C(=O)c1cn(C)nc1C(F)F)C(C)c1cccc(Oc2ccc(Cl)cc2)c1. The van der Waals surface area contributed by atoms with Crippen molar-refractivity contribution >= 4 is 17.5 Å². The number of amides is 1. The molecule has 1 amide bonds. The summed E-state index contributed by atoms with van der Waals surface area (Å²) in [4.78, 5) is 18.2. The van der Waals surface area contributed by atoms with Crippen LogP contribution in [0, 0.1) is 0 Å². The molecule has 0 bridgehead atoms. The largest absolute Gasteiger partial charge is 0.457 e. The van der Waals surface area contributed by atoms with Gasteiger partial charge in [-0.1, -0.05) is 23.7 Å². The molecule has 0 saturated carbocycles.